The average molecular weight is 259 g/mol. The van der Waals surface area contributed by atoms with Crippen molar-refractivity contribution in [1.29, 1.82) is 0 Å². The van der Waals surface area contributed by atoms with E-state index >= 15 is 0 Å². The molecule has 0 bridgehead atoms. The van der Waals surface area contributed by atoms with E-state index in [2.05, 4.69) is 25.7 Å². The van der Waals surface area contributed by atoms with E-state index in [0.717, 1.165) is 5.69 Å². The van der Waals surface area contributed by atoms with Gasteiger partial charge in [0.2, 0.25) is 0 Å². The molecule has 0 atom stereocenters. The number of rotatable bonds is 2. The molecule has 1 rings (SSSR count). The molecule has 0 aliphatic heterocycles. The third-order valence-electron chi connectivity index (χ3n) is 1.73. The van der Waals surface area contributed by atoms with Gasteiger partial charge in [0, 0.05) is 20.3 Å². The summed E-state index contributed by atoms with van der Waals surface area (Å²) in [7, 11) is 5.11. The van der Waals surface area contributed by atoms with Crippen molar-refractivity contribution in [3.8, 4) is 0 Å². The molecule has 1 aromatic rings. The van der Waals surface area contributed by atoms with E-state index in [0.29, 0.717) is 10.2 Å². The van der Waals surface area contributed by atoms with E-state index in [1.807, 2.05) is 25.1 Å². The smallest absolute Gasteiger partial charge is 0.357 e. The number of carbonyl (C=O) groups is 1. The van der Waals surface area contributed by atoms with E-state index in [4.69, 9.17) is 0 Å². The first-order valence-electron chi connectivity index (χ1n) is 3.98. The number of ether oxygens (including phenoxy) is 1. The Morgan fingerprint density at radius 3 is 2.71 bits per heavy atom. The second-order valence-electron chi connectivity index (χ2n) is 2.88. The van der Waals surface area contributed by atoms with Crippen molar-refractivity contribution in [2.24, 2.45) is 0 Å². The molecular weight excluding hydrogens is 248 g/mol. The maximum atomic E-state index is 11.3. The van der Waals surface area contributed by atoms with Crippen molar-refractivity contribution in [3.05, 3.63) is 22.4 Å². The molecule has 76 valence electrons. The molecular formula is C9H11BrN2O2. The van der Waals surface area contributed by atoms with Crippen LogP contribution in [0.15, 0.2) is 16.7 Å². The second kappa shape index (κ2) is 4.41. The predicted molar refractivity (Wildman–Crippen MR) is 57.6 cm³/mol. The molecule has 0 N–H and O–H groups in total. The van der Waals surface area contributed by atoms with Crippen LogP contribution < -0.4 is 4.90 Å². The summed E-state index contributed by atoms with van der Waals surface area (Å²) >= 11 is 3.32. The highest BCUT2D eigenvalue weighted by atomic mass is 79.9. The Morgan fingerprint density at radius 2 is 2.21 bits per heavy atom. The zero-order valence-corrected chi connectivity index (χ0v) is 9.83. The molecule has 0 radical (unpaired) electrons. The van der Waals surface area contributed by atoms with Crippen LogP contribution in [0.4, 0.5) is 5.69 Å². The van der Waals surface area contributed by atoms with Gasteiger partial charge >= 0.3 is 5.97 Å². The van der Waals surface area contributed by atoms with Crippen molar-refractivity contribution < 1.29 is 9.53 Å². The molecule has 0 saturated carbocycles. The highest BCUT2D eigenvalue weighted by Gasteiger charge is 2.15. The van der Waals surface area contributed by atoms with Gasteiger partial charge in [-0.05, 0) is 22.0 Å². The van der Waals surface area contributed by atoms with E-state index < -0.39 is 5.97 Å². The summed E-state index contributed by atoms with van der Waals surface area (Å²) in [6.07, 6.45) is 1.58. The van der Waals surface area contributed by atoms with Gasteiger partial charge in [-0.2, -0.15) is 0 Å². The minimum atomic E-state index is -0.444. The van der Waals surface area contributed by atoms with Crippen molar-refractivity contribution in [2.45, 2.75) is 0 Å². The number of hydrogen-bond acceptors (Lipinski definition) is 4. The number of aromatic nitrogens is 1. The molecule has 0 aromatic carbocycles. The Bertz CT molecular complexity index is 353. The van der Waals surface area contributed by atoms with Gasteiger partial charge in [0.25, 0.3) is 0 Å². The fraction of sp³-hybridized carbons (Fsp3) is 0.333. The normalized spacial score (nSPS) is 9.71. The van der Waals surface area contributed by atoms with Gasteiger partial charge in [-0.1, -0.05) is 0 Å². The summed E-state index contributed by atoms with van der Waals surface area (Å²) in [4.78, 5) is 17.1. The van der Waals surface area contributed by atoms with Gasteiger partial charge in [-0.15, -0.1) is 0 Å². The predicted octanol–water partition coefficient (Wildman–Crippen LogP) is 1.70. The molecule has 0 fully saturated rings. The zero-order chi connectivity index (χ0) is 10.7. The van der Waals surface area contributed by atoms with Crippen LogP contribution in [-0.2, 0) is 4.74 Å². The lowest BCUT2D eigenvalue weighted by molar-refractivity contribution is 0.0593. The van der Waals surface area contributed by atoms with E-state index in [1.165, 1.54) is 7.11 Å². The summed E-state index contributed by atoms with van der Waals surface area (Å²) in [6.45, 7) is 0. The van der Waals surface area contributed by atoms with Crippen LogP contribution in [0.2, 0.25) is 0 Å². The third-order valence-corrected chi connectivity index (χ3v) is 2.51. The third kappa shape index (κ3) is 2.04. The summed E-state index contributed by atoms with van der Waals surface area (Å²) in [5, 5.41) is 0. The minimum absolute atomic E-state index is 0.290. The molecule has 0 saturated heterocycles. The SMILES string of the molecule is COC(=O)c1nccc(N(C)C)c1Br. The zero-order valence-electron chi connectivity index (χ0n) is 8.24. The van der Waals surface area contributed by atoms with Gasteiger partial charge in [-0.3, -0.25) is 0 Å². The molecule has 5 heteroatoms. The molecule has 1 aromatic heterocycles. The van der Waals surface area contributed by atoms with Crippen molar-refractivity contribution in [1.82, 2.24) is 4.98 Å². The minimum Gasteiger partial charge on any atom is -0.464 e. The summed E-state index contributed by atoms with van der Waals surface area (Å²) in [6, 6.07) is 1.82. The monoisotopic (exact) mass is 258 g/mol. The lowest BCUT2D eigenvalue weighted by atomic mass is 10.3. The fourth-order valence-corrected chi connectivity index (χ4v) is 1.77. The maximum Gasteiger partial charge on any atom is 0.357 e. The Morgan fingerprint density at radius 1 is 1.57 bits per heavy atom. The number of nitrogens with zero attached hydrogens (tertiary/aromatic N) is 2. The topological polar surface area (TPSA) is 42.4 Å². The molecule has 0 spiro atoms. The summed E-state index contributed by atoms with van der Waals surface area (Å²) in [5.41, 5.74) is 1.18. The van der Waals surface area contributed by atoms with Gasteiger partial charge in [0.15, 0.2) is 5.69 Å². The van der Waals surface area contributed by atoms with Gasteiger partial charge in [-0.25, -0.2) is 9.78 Å². The van der Waals surface area contributed by atoms with Gasteiger partial charge in [0.05, 0.1) is 17.3 Å². The van der Waals surface area contributed by atoms with Crippen LogP contribution in [0.5, 0.6) is 0 Å². The highest BCUT2D eigenvalue weighted by Crippen LogP contribution is 2.26. The van der Waals surface area contributed by atoms with E-state index in [-0.39, 0.29) is 0 Å². The number of carbonyl (C=O) groups excluding carboxylic acids is 1. The first-order chi connectivity index (χ1) is 6.57. The van der Waals surface area contributed by atoms with Crippen molar-refractivity contribution in [3.63, 3.8) is 0 Å². The van der Waals surface area contributed by atoms with Crippen LogP contribution >= 0.6 is 15.9 Å². The molecule has 1 heterocycles. The van der Waals surface area contributed by atoms with Crippen LogP contribution in [0.1, 0.15) is 10.5 Å². The molecule has 0 unspecified atom stereocenters. The Labute approximate surface area is 91.0 Å². The average Bonchev–Trinajstić information content (AvgIpc) is 2.16. The molecule has 4 nitrogen and oxygen atoms in total. The number of halogens is 1. The lowest BCUT2D eigenvalue weighted by Crippen LogP contribution is -2.13. The number of anilines is 1. The Balaban J connectivity index is 3.20. The van der Waals surface area contributed by atoms with Crippen LogP contribution in [0.25, 0.3) is 0 Å². The maximum absolute atomic E-state index is 11.3. The van der Waals surface area contributed by atoms with Gasteiger partial charge in [0.1, 0.15) is 0 Å². The fourth-order valence-electron chi connectivity index (χ4n) is 1.02. The quantitative estimate of drug-likeness (QED) is 0.758. The first kappa shape index (κ1) is 11.0. The number of hydrogen-bond donors (Lipinski definition) is 0. The van der Waals surface area contributed by atoms with Crippen LogP contribution in [0.3, 0.4) is 0 Å². The standard InChI is InChI=1S/C9H11BrN2O2/c1-12(2)6-4-5-11-8(7(6)10)9(13)14-3/h4-5H,1-3H3. The highest BCUT2D eigenvalue weighted by molar-refractivity contribution is 9.10. The van der Waals surface area contributed by atoms with E-state index in [1.54, 1.807) is 6.20 Å². The van der Waals surface area contributed by atoms with Crippen molar-refractivity contribution in [2.75, 3.05) is 26.1 Å². The summed E-state index contributed by atoms with van der Waals surface area (Å²) in [5.74, 6) is -0.444. The van der Waals surface area contributed by atoms with Crippen LogP contribution in [-0.4, -0.2) is 32.2 Å². The lowest BCUT2D eigenvalue weighted by Gasteiger charge is -2.15. The Kier molecular flexibility index (Phi) is 3.46. The summed E-state index contributed by atoms with van der Waals surface area (Å²) < 4.78 is 5.25. The number of pyridine rings is 1. The van der Waals surface area contributed by atoms with Crippen LogP contribution in [0, 0.1) is 0 Å². The largest absolute Gasteiger partial charge is 0.464 e. The Hall–Kier alpha value is -1.10. The number of methoxy groups -OCH3 is 1. The molecule has 0 aliphatic carbocycles. The molecule has 14 heavy (non-hydrogen) atoms. The van der Waals surface area contributed by atoms with Crippen molar-refractivity contribution >= 4 is 27.6 Å². The van der Waals surface area contributed by atoms with E-state index in [9.17, 15) is 4.79 Å². The molecule has 0 aliphatic rings. The number of esters is 1. The molecule has 0 amide bonds. The second-order valence-corrected chi connectivity index (χ2v) is 3.67. The van der Waals surface area contributed by atoms with Gasteiger partial charge < -0.3 is 9.64 Å². The first-order valence-corrected chi connectivity index (χ1v) is 4.77.